The van der Waals surface area contributed by atoms with Crippen molar-refractivity contribution in [2.24, 2.45) is 0 Å². The second kappa shape index (κ2) is 5.69. The number of aryl methyl sites for hydroxylation is 1. The van der Waals surface area contributed by atoms with Crippen LogP contribution in [0.2, 0.25) is 0 Å². The molecule has 2 heterocycles. The van der Waals surface area contributed by atoms with Gasteiger partial charge < -0.3 is 19.8 Å². The molecule has 21 heavy (non-hydrogen) atoms. The first-order valence-electron chi connectivity index (χ1n) is 6.83. The summed E-state index contributed by atoms with van der Waals surface area (Å²) in [4.78, 5) is 30.4. The minimum absolute atomic E-state index is 0.101. The summed E-state index contributed by atoms with van der Waals surface area (Å²) in [5.41, 5.74) is -1.13. The smallest absolute Gasteiger partial charge is 0.262 e. The van der Waals surface area contributed by atoms with Gasteiger partial charge >= 0.3 is 0 Å². The lowest BCUT2D eigenvalue weighted by atomic mass is 10.0. The van der Waals surface area contributed by atoms with Gasteiger partial charge in [-0.1, -0.05) is 13.3 Å². The van der Waals surface area contributed by atoms with Crippen molar-refractivity contribution in [3.63, 3.8) is 0 Å². The van der Waals surface area contributed by atoms with E-state index in [0.29, 0.717) is 12.2 Å². The third-order valence-electron chi connectivity index (χ3n) is 3.32. The maximum atomic E-state index is 12.3. The molecule has 7 heteroatoms. The van der Waals surface area contributed by atoms with E-state index in [1.807, 2.05) is 6.92 Å². The van der Waals surface area contributed by atoms with Crippen molar-refractivity contribution < 1.29 is 14.3 Å². The van der Waals surface area contributed by atoms with Crippen molar-refractivity contribution in [1.29, 1.82) is 0 Å². The fourth-order valence-corrected chi connectivity index (χ4v) is 2.31. The van der Waals surface area contributed by atoms with Crippen molar-refractivity contribution in [2.75, 3.05) is 6.54 Å². The van der Waals surface area contributed by atoms with Gasteiger partial charge in [0, 0.05) is 6.54 Å². The number of hydrogen-bond donors (Lipinski definition) is 3. The van der Waals surface area contributed by atoms with E-state index in [2.05, 4.69) is 15.3 Å². The Bertz CT molecular complexity index is 715. The summed E-state index contributed by atoms with van der Waals surface area (Å²) in [7, 11) is 0. The van der Waals surface area contributed by atoms with Crippen LogP contribution < -0.4 is 10.9 Å². The predicted molar refractivity (Wildman–Crippen MR) is 77.2 cm³/mol. The van der Waals surface area contributed by atoms with E-state index in [0.717, 1.165) is 6.42 Å². The van der Waals surface area contributed by atoms with E-state index in [9.17, 15) is 14.7 Å². The van der Waals surface area contributed by atoms with E-state index in [1.54, 1.807) is 13.8 Å². The second-order valence-corrected chi connectivity index (χ2v) is 5.37. The van der Waals surface area contributed by atoms with Gasteiger partial charge in [-0.05, 0) is 20.3 Å². The van der Waals surface area contributed by atoms with Crippen LogP contribution >= 0.6 is 0 Å². The number of furan rings is 1. The molecule has 0 saturated heterocycles. The average Bonchev–Trinajstić information content (AvgIpc) is 2.74. The molecule has 114 valence electrons. The molecule has 2 rings (SSSR count). The predicted octanol–water partition coefficient (Wildman–Crippen LogP) is 1.11. The van der Waals surface area contributed by atoms with Gasteiger partial charge in [0.2, 0.25) is 5.71 Å². The summed E-state index contributed by atoms with van der Waals surface area (Å²) in [6, 6.07) is 0. The number of nitrogens with one attached hydrogen (secondary N) is 2. The van der Waals surface area contributed by atoms with Crippen LogP contribution in [-0.2, 0) is 0 Å². The first-order valence-corrected chi connectivity index (χ1v) is 6.83. The standard InChI is InChI=1S/C14H19N3O4/c1-4-5-14(3,20)6-15-11(18)9-8(2)21-13-10(9)12(19)16-7-17-13/h7,20H,4-6H2,1-3H3,(H,15,18)(H,16,17,19). The molecule has 7 nitrogen and oxygen atoms in total. The second-order valence-electron chi connectivity index (χ2n) is 5.37. The molecule has 0 saturated carbocycles. The summed E-state index contributed by atoms with van der Waals surface area (Å²) < 4.78 is 5.33. The highest BCUT2D eigenvalue weighted by Gasteiger charge is 2.25. The first kappa shape index (κ1) is 15.2. The summed E-state index contributed by atoms with van der Waals surface area (Å²) >= 11 is 0. The van der Waals surface area contributed by atoms with E-state index >= 15 is 0 Å². The van der Waals surface area contributed by atoms with Crippen molar-refractivity contribution in [2.45, 2.75) is 39.2 Å². The lowest BCUT2D eigenvalue weighted by Crippen LogP contribution is -2.40. The monoisotopic (exact) mass is 293 g/mol. The van der Waals surface area contributed by atoms with Crippen LogP contribution in [0, 0.1) is 6.92 Å². The number of aromatic amines is 1. The molecule has 0 bridgehead atoms. The van der Waals surface area contributed by atoms with E-state index in [-0.39, 0.29) is 23.2 Å². The van der Waals surface area contributed by atoms with Gasteiger partial charge in [0.1, 0.15) is 11.1 Å². The Balaban J connectivity index is 2.28. The van der Waals surface area contributed by atoms with Crippen LogP contribution in [0.3, 0.4) is 0 Å². The van der Waals surface area contributed by atoms with Crippen molar-refractivity contribution in [3.05, 3.63) is 28.0 Å². The molecule has 0 radical (unpaired) electrons. The van der Waals surface area contributed by atoms with Gasteiger partial charge in [0.15, 0.2) is 0 Å². The van der Waals surface area contributed by atoms with Crippen LogP contribution in [0.5, 0.6) is 0 Å². The Kier molecular flexibility index (Phi) is 4.13. The summed E-state index contributed by atoms with van der Waals surface area (Å²) in [6.45, 7) is 5.31. The molecule has 0 aliphatic carbocycles. The van der Waals surface area contributed by atoms with Crippen molar-refractivity contribution in [1.82, 2.24) is 15.3 Å². The van der Waals surface area contributed by atoms with Crippen LogP contribution in [0.25, 0.3) is 11.1 Å². The van der Waals surface area contributed by atoms with Crippen molar-refractivity contribution >= 4 is 17.0 Å². The van der Waals surface area contributed by atoms with Gasteiger partial charge in [-0.25, -0.2) is 4.98 Å². The maximum Gasteiger partial charge on any atom is 0.262 e. The van der Waals surface area contributed by atoms with Crippen LogP contribution in [0.4, 0.5) is 0 Å². The number of carbonyl (C=O) groups excluding carboxylic acids is 1. The maximum absolute atomic E-state index is 12.3. The molecule has 0 aliphatic heterocycles. The zero-order chi connectivity index (χ0) is 15.6. The molecule has 1 atom stereocenters. The first-order chi connectivity index (χ1) is 9.85. The molecule has 0 aliphatic rings. The van der Waals surface area contributed by atoms with Crippen molar-refractivity contribution in [3.8, 4) is 0 Å². The van der Waals surface area contributed by atoms with E-state index < -0.39 is 17.1 Å². The number of aliphatic hydroxyl groups is 1. The third kappa shape index (κ3) is 3.13. The highest BCUT2D eigenvalue weighted by atomic mass is 16.3. The van der Waals surface area contributed by atoms with Crippen LogP contribution in [0.1, 0.15) is 42.8 Å². The summed E-state index contributed by atoms with van der Waals surface area (Å²) in [6.07, 6.45) is 2.60. The van der Waals surface area contributed by atoms with Gasteiger partial charge in [0.25, 0.3) is 11.5 Å². The molecule has 2 aromatic heterocycles. The van der Waals surface area contributed by atoms with Crippen LogP contribution in [0.15, 0.2) is 15.5 Å². The third-order valence-corrected chi connectivity index (χ3v) is 3.32. The molecular weight excluding hydrogens is 274 g/mol. The lowest BCUT2D eigenvalue weighted by Gasteiger charge is -2.22. The largest absolute Gasteiger partial charge is 0.442 e. The minimum atomic E-state index is -0.984. The molecule has 3 N–H and O–H groups in total. The fourth-order valence-electron chi connectivity index (χ4n) is 2.31. The molecular formula is C14H19N3O4. The Morgan fingerprint density at radius 1 is 1.57 bits per heavy atom. The summed E-state index contributed by atoms with van der Waals surface area (Å²) in [5, 5.41) is 12.8. The van der Waals surface area contributed by atoms with E-state index in [4.69, 9.17) is 4.42 Å². The Labute approximate surface area is 121 Å². The summed E-state index contributed by atoms with van der Waals surface area (Å²) in [5.74, 6) is -0.136. The zero-order valence-electron chi connectivity index (χ0n) is 12.3. The lowest BCUT2D eigenvalue weighted by molar-refractivity contribution is 0.0469. The SMILES string of the molecule is CCCC(C)(O)CNC(=O)c1c(C)oc2nc[nH]c(=O)c12. The van der Waals surface area contributed by atoms with Gasteiger partial charge in [0.05, 0.1) is 17.5 Å². The molecule has 1 amide bonds. The Morgan fingerprint density at radius 2 is 2.29 bits per heavy atom. The highest BCUT2D eigenvalue weighted by Crippen LogP contribution is 2.20. The Hall–Kier alpha value is -2.15. The molecule has 0 aromatic carbocycles. The minimum Gasteiger partial charge on any atom is -0.442 e. The topological polar surface area (TPSA) is 108 Å². The number of carbonyl (C=O) groups is 1. The zero-order valence-corrected chi connectivity index (χ0v) is 12.3. The molecule has 1 unspecified atom stereocenters. The van der Waals surface area contributed by atoms with Gasteiger partial charge in [-0.2, -0.15) is 0 Å². The molecule has 2 aromatic rings. The van der Waals surface area contributed by atoms with Crippen LogP contribution in [-0.4, -0.2) is 33.1 Å². The number of H-pyrrole nitrogens is 1. The highest BCUT2D eigenvalue weighted by molar-refractivity contribution is 6.06. The molecule has 0 fully saturated rings. The number of hydrogen-bond acceptors (Lipinski definition) is 5. The van der Waals surface area contributed by atoms with Gasteiger partial charge in [-0.15, -0.1) is 0 Å². The number of aromatic nitrogens is 2. The van der Waals surface area contributed by atoms with Gasteiger partial charge in [-0.3, -0.25) is 9.59 Å². The normalized spacial score (nSPS) is 14.1. The molecule has 0 spiro atoms. The number of nitrogens with zero attached hydrogens (tertiary/aromatic N) is 1. The quantitative estimate of drug-likeness (QED) is 0.765. The average molecular weight is 293 g/mol. The number of rotatable bonds is 5. The van der Waals surface area contributed by atoms with E-state index in [1.165, 1.54) is 6.33 Å². The Morgan fingerprint density at radius 3 is 2.95 bits per heavy atom. The number of fused-ring (bicyclic) bond motifs is 1. The number of amides is 1. The fraction of sp³-hybridized carbons (Fsp3) is 0.500.